The first-order chi connectivity index (χ1) is 8.32. The summed E-state index contributed by atoms with van der Waals surface area (Å²) < 4.78 is 5.31. The molecule has 0 aromatic carbocycles. The molecule has 0 unspecified atom stereocenters. The van der Waals surface area contributed by atoms with Crippen LogP contribution in [-0.4, -0.2) is 25.6 Å². The van der Waals surface area contributed by atoms with Gasteiger partial charge in [0.05, 0.1) is 5.41 Å². The molecular formula is C12H17N5O. The van der Waals surface area contributed by atoms with Crippen molar-refractivity contribution in [1.82, 2.24) is 20.1 Å². The lowest BCUT2D eigenvalue weighted by atomic mass is 9.75. The molecule has 0 aliphatic heterocycles. The highest BCUT2D eigenvalue weighted by Crippen LogP contribution is 2.32. The highest BCUT2D eigenvalue weighted by Gasteiger charge is 2.40. The third kappa shape index (κ3) is 2.11. The van der Waals surface area contributed by atoms with Crippen molar-refractivity contribution in [1.29, 1.82) is 0 Å². The average Bonchev–Trinajstić information content (AvgIpc) is 2.78. The number of hydrogen-bond acceptors (Lipinski definition) is 6. The SMILES string of the molecule is CC(C)(N)C(C)(C)c1nc(-c2ccncn2)no1. The van der Waals surface area contributed by atoms with E-state index in [0.29, 0.717) is 17.4 Å². The smallest absolute Gasteiger partial charge is 0.234 e. The van der Waals surface area contributed by atoms with Crippen molar-refractivity contribution < 1.29 is 4.52 Å². The minimum absolute atomic E-state index is 0.425. The zero-order valence-electron chi connectivity index (χ0n) is 11.0. The first kappa shape index (κ1) is 12.6. The van der Waals surface area contributed by atoms with Gasteiger partial charge in [-0.3, -0.25) is 0 Å². The van der Waals surface area contributed by atoms with Crippen LogP contribution in [-0.2, 0) is 5.41 Å². The van der Waals surface area contributed by atoms with E-state index in [1.165, 1.54) is 6.33 Å². The summed E-state index contributed by atoms with van der Waals surface area (Å²) in [6, 6.07) is 1.73. The van der Waals surface area contributed by atoms with Gasteiger partial charge in [0.1, 0.15) is 12.0 Å². The second-order valence-corrected chi connectivity index (χ2v) is 5.36. The summed E-state index contributed by atoms with van der Waals surface area (Å²) in [5, 5.41) is 3.93. The Bertz CT molecular complexity index is 527. The van der Waals surface area contributed by atoms with Crippen LogP contribution in [0.25, 0.3) is 11.5 Å². The van der Waals surface area contributed by atoms with Crippen LogP contribution in [0.2, 0.25) is 0 Å². The molecule has 6 nitrogen and oxygen atoms in total. The average molecular weight is 247 g/mol. The van der Waals surface area contributed by atoms with Gasteiger partial charge in [-0.1, -0.05) is 5.16 Å². The van der Waals surface area contributed by atoms with Crippen molar-refractivity contribution in [2.24, 2.45) is 5.73 Å². The Kier molecular flexibility index (Phi) is 2.90. The molecule has 6 heteroatoms. The van der Waals surface area contributed by atoms with E-state index in [9.17, 15) is 0 Å². The molecule has 18 heavy (non-hydrogen) atoms. The zero-order valence-corrected chi connectivity index (χ0v) is 11.0. The summed E-state index contributed by atoms with van der Waals surface area (Å²) in [5.74, 6) is 0.952. The zero-order chi connectivity index (χ0) is 13.4. The standard InChI is InChI=1S/C12H17N5O/c1-11(2,12(3,4)13)10-16-9(17-18-10)8-5-6-14-7-15-8/h5-7H,13H2,1-4H3. The molecule has 2 N–H and O–H groups in total. The highest BCUT2D eigenvalue weighted by molar-refractivity contribution is 5.46. The van der Waals surface area contributed by atoms with Gasteiger partial charge in [0.2, 0.25) is 11.7 Å². The summed E-state index contributed by atoms with van der Waals surface area (Å²) in [6.07, 6.45) is 3.08. The second-order valence-electron chi connectivity index (χ2n) is 5.36. The molecule has 96 valence electrons. The minimum atomic E-state index is -0.470. The van der Waals surface area contributed by atoms with E-state index in [0.717, 1.165) is 0 Å². The predicted octanol–water partition coefficient (Wildman–Crippen LogP) is 1.54. The molecule has 0 amide bonds. The lowest BCUT2D eigenvalue weighted by molar-refractivity contribution is 0.223. The molecular weight excluding hydrogens is 230 g/mol. The quantitative estimate of drug-likeness (QED) is 0.884. The van der Waals surface area contributed by atoms with Crippen LogP contribution in [0.5, 0.6) is 0 Å². The Labute approximate surface area is 106 Å². The first-order valence-electron chi connectivity index (χ1n) is 5.72. The minimum Gasteiger partial charge on any atom is -0.338 e. The van der Waals surface area contributed by atoms with Crippen LogP contribution in [0.3, 0.4) is 0 Å². The number of nitrogens with two attached hydrogens (primary N) is 1. The lowest BCUT2D eigenvalue weighted by Gasteiger charge is -2.34. The molecule has 0 saturated heterocycles. The van der Waals surface area contributed by atoms with E-state index in [4.69, 9.17) is 10.3 Å². The summed E-state index contributed by atoms with van der Waals surface area (Å²) in [7, 11) is 0. The van der Waals surface area contributed by atoms with E-state index in [2.05, 4.69) is 20.1 Å². The van der Waals surface area contributed by atoms with Gasteiger partial charge >= 0.3 is 0 Å². The maximum Gasteiger partial charge on any atom is 0.234 e. The molecule has 0 radical (unpaired) electrons. The first-order valence-corrected chi connectivity index (χ1v) is 5.72. The van der Waals surface area contributed by atoms with Crippen molar-refractivity contribution in [3.8, 4) is 11.5 Å². The molecule has 0 bridgehead atoms. The fourth-order valence-corrected chi connectivity index (χ4v) is 1.28. The van der Waals surface area contributed by atoms with E-state index < -0.39 is 11.0 Å². The number of aromatic nitrogens is 4. The fraction of sp³-hybridized carbons (Fsp3) is 0.500. The molecule has 0 aliphatic rings. The molecule has 2 aromatic rings. The maximum atomic E-state index is 6.14. The molecule has 0 aliphatic carbocycles. The van der Waals surface area contributed by atoms with Crippen LogP contribution >= 0.6 is 0 Å². The van der Waals surface area contributed by atoms with Gasteiger partial charge in [0.15, 0.2) is 0 Å². The van der Waals surface area contributed by atoms with Crippen LogP contribution < -0.4 is 5.73 Å². The van der Waals surface area contributed by atoms with E-state index in [1.807, 2.05) is 27.7 Å². The Morgan fingerprint density at radius 2 is 1.94 bits per heavy atom. The summed E-state index contributed by atoms with van der Waals surface area (Å²) in [6.45, 7) is 7.82. The number of nitrogens with zero attached hydrogens (tertiary/aromatic N) is 4. The van der Waals surface area contributed by atoms with E-state index in [-0.39, 0.29) is 0 Å². The molecule has 0 fully saturated rings. The number of hydrogen-bond donors (Lipinski definition) is 1. The van der Waals surface area contributed by atoms with E-state index in [1.54, 1.807) is 12.3 Å². The third-order valence-electron chi connectivity index (χ3n) is 3.38. The normalized spacial score (nSPS) is 12.7. The predicted molar refractivity (Wildman–Crippen MR) is 66.6 cm³/mol. The van der Waals surface area contributed by atoms with Crippen molar-refractivity contribution in [2.45, 2.75) is 38.6 Å². The Morgan fingerprint density at radius 3 is 2.50 bits per heavy atom. The maximum absolute atomic E-state index is 6.14. The monoisotopic (exact) mass is 247 g/mol. The van der Waals surface area contributed by atoms with Gasteiger partial charge in [-0.15, -0.1) is 0 Å². The van der Waals surface area contributed by atoms with Gasteiger partial charge < -0.3 is 10.3 Å². The Hall–Kier alpha value is -1.82. The van der Waals surface area contributed by atoms with Crippen molar-refractivity contribution >= 4 is 0 Å². The van der Waals surface area contributed by atoms with Gasteiger partial charge in [0, 0.05) is 11.7 Å². The summed E-state index contributed by atoms with van der Waals surface area (Å²) in [4.78, 5) is 12.3. The third-order valence-corrected chi connectivity index (χ3v) is 3.38. The van der Waals surface area contributed by atoms with Crippen LogP contribution in [0, 0.1) is 0 Å². The largest absolute Gasteiger partial charge is 0.338 e. The molecule has 0 saturated carbocycles. The summed E-state index contributed by atoms with van der Waals surface area (Å²) >= 11 is 0. The molecule has 0 spiro atoms. The molecule has 0 atom stereocenters. The van der Waals surface area contributed by atoms with Crippen molar-refractivity contribution in [3.63, 3.8) is 0 Å². The van der Waals surface area contributed by atoms with Gasteiger partial charge in [-0.2, -0.15) is 4.98 Å². The topological polar surface area (TPSA) is 90.7 Å². The highest BCUT2D eigenvalue weighted by atomic mass is 16.5. The molecule has 2 aromatic heterocycles. The van der Waals surface area contributed by atoms with E-state index >= 15 is 0 Å². The van der Waals surface area contributed by atoms with Crippen molar-refractivity contribution in [3.05, 3.63) is 24.5 Å². The van der Waals surface area contributed by atoms with Gasteiger partial charge in [-0.25, -0.2) is 9.97 Å². The second kappa shape index (κ2) is 4.13. The van der Waals surface area contributed by atoms with Crippen LogP contribution in [0.1, 0.15) is 33.6 Å². The lowest BCUT2D eigenvalue weighted by Crippen LogP contribution is -2.50. The van der Waals surface area contributed by atoms with Crippen LogP contribution in [0.15, 0.2) is 23.1 Å². The molecule has 2 heterocycles. The van der Waals surface area contributed by atoms with Gasteiger partial charge in [0.25, 0.3) is 0 Å². The molecule has 2 rings (SSSR count). The fourth-order valence-electron chi connectivity index (χ4n) is 1.28. The van der Waals surface area contributed by atoms with Crippen LogP contribution in [0.4, 0.5) is 0 Å². The number of rotatable bonds is 3. The Morgan fingerprint density at radius 1 is 1.22 bits per heavy atom. The summed E-state index contributed by atoms with van der Waals surface area (Å²) in [5.41, 5.74) is 5.87. The van der Waals surface area contributed by atoms with Gasteiger partial charge in [-0.05, 0) is 33.8 Å². The Balaban J connectivity index is 2.38. The van der Waals surface area contributed by atoms with Crippen molar-refractivity contribution in [2.75, 3.05) is 0 Å².